The fourth-order valence-corrected chi connectivity index (χ4v) is 4.55. The Morgan fingerprint density at radius 3 is 2.57 bits per heavy atom. The molecule has 5 nitrogen and oxygen atoms in total. The molecule has 124 valence electrons. The zero-order valence-electron chi connectivity index (χ0n) is 12.9. The molecule has 1 aliphatic rings. The Morgan fingerprint density at radius 2 is 2.00 bits per heavy atom. The standard InChI is InChI=1S/C16H19BrN2O3S/c1-16(7-3-2-4-8-16)15(20)19-23(21,22)11-12-5-6-13(10-18)14(17)9-12/h5-6,9H,2-4,7-8,11H2,1H3,(H,19,20). The van der Waals surface area contributed by atoms with E-state index >= 15 is 0 Å². The zero-order valence-corrected chi connectivity index (χ0v) is 15.3. The van der Waals surface area contributed by atoms with Gasteiger partial charge in [0.25, 0.3) is 0 Å². The minimum absolute atomic E-state index is 0.293. The maximum atomic E-state index is 12.4. The number of nitriles is 1. The topological polar surface area (TPSA) is 87.0 Å². The molecule has 0 atom stereocenters. The van der Waals surface area contributed by atoms with Crippen LogP contribution in [0.25, 0.3) is 0 Å². The Kier molecular flexibility index (Phi) is 5.48. The molecule has 0 aromatic heterocycles. The van der Waals surface area contributed by atoms with Gasteiger partial charge in [-0.3, -0.25) is 9.52 Å². The number of rotatable bonds is 4. The highest BCUT2D eigenvalue weighted by Crippen LogP contribution is 2.36. The first-order valence-corrected chi connectivity index (χ1v) is 9.94. The van der Waals surface area contributed by atoms with Gasteiger partial charge in [0, 0.05) is 9.89 Å². The molecule has 0 unspecified atom stereocenters. The van der Waals surface area contributed by atoms with Crippen LogP contribution in [0, 0.1) is 16.7 Å². The van der Waals surface area contributed by atoms with Gasteiger partial charge in [-0.2, -0.15) is 5.26 Å². The van der Waals surface area contributed by atoms with Gasteiger partial charge in [0.2, 0.25) is 15.9 Å². The van der Waals surface area contributed by atoms with Crippen molar-refractivity contribution in [3.63, 3.8) is 0 Å². The molecule has 0 bridgehead atoms. The summed E-state index contributed by atoms with van der Waals surface area (Å²) in [5.74, 6) is -0.705. The lowest BCUT2D eigenvalue weighted by Gasteiger charge is -2.31. The van der Waals surface area contributed by atoms with Crippen LogP contribution in [-0.4, -0.2) is 14.3 Å². The SMILES string of the molecule is CC1(C(=O)NS(=O)(=O)Cc2ccc(C#N)c(Br)c2)CCCCC1. The Hall–Kier alpha value is -1.39. The monoisotopic (exact) mass is 398 g/mol. The summed E-state index contributed by atoms with van der Waals surface area (Å²) in [7, 11) is -3.76. The summed E-state index contributed by atoms with van der Waals surface area (Å²) in [5, 5.41) is 8.88. The third kappa shape index (κ3) is 4.55. The molecule has 2 rings (SSSR count). The lowest BCUT2D eigenvalue weighted by molar-refractivity contribution is -0.129. The first-order chi connectivity index (χ1) is 10.8. The number of carbonyl (C=O) groups is 1. The molecule has 0 heterocycles. The number of nitrogens with one attached hydrogen (secondary N) is 1. The summed E-state index contributed by atoms with van der Waals surface area (Å²) in [4.78, 5) is 12.4. The van der Waals surface area contributed by atoms with Crippen LogP contribution in [0.2, 0.25) is 0 Å². The van der Waals surface area contributed by atoms with Gasteiger partial charge in [0.15, 0.2) is 0 Å². The van der Waals surface area contributed by atoms with Crippen molar-refractivity contribution < 1.29 is 13.2 Å². The first kappa shape index (κ1) is 18.0. The van der Waals surface area contributed by atoms with Crippen molar-refractivity contribution in [2.75, 3.05) is 0 Å². The molecule has 23 heavy (non-hydrogen) atoms. The highest BCUT2D eigenvalue weighted by molar-refractivity contribution is 9.10. The molecule has 1 saturated carbocycles. The largest absolute Gasteiger partial charge is 0.273 e. The number of sulfonamides is 1. The van der Waals surface area contributed by atoms with Crippen LogP contribution in [0.4, 0.5) is 0 Å². The molecular weight excluding hydrogens is 380 g/mol. The number of hydrogen-bond donors (Lipinski definition) is 1. The Balaban J connectivity index is 2.09. The highest BCUT2D eigenvalue weighted by atomic mass is 79.9. The van der Waals surface area contributed by atoms with E-state index in [1.165, 1.54) is 0 Å². The maximum absolute atomic E-state index is 12.4. The molecular formula is C16H19BrN2O3S. The fraction of sp³-hybridized carbons (Fsp3) is 0.500. The van der Waals surface area contributed by atoms with Crippen LogP contribution in [0.1, 0.15) is 50.2 Å². The van der Waals surface area contributed by atoms with Crippen molar-refractivity contribution in [3.05, 3.63) is 33.8 Å². The van der Waals surface area contributed by atoms with Crippen LogP contribution >= 0.6 is 15.9 Å². The molecule has 1 aliphatic carbocycles. The second-order valence-corrected chi connectivity index (χ2v) is 8.81. The van der Waals surface area contributed by atoms with E-state index in [1.807, 2.05) is 13.0 Å². The van der Waals surface area contributed by atoms with Crippen molar-refractivity contribution >= 4 is 31.9 Å². The average Bonchev–Trinajstić information content (AvgIpc) is 2.47. The molecule has 7 heteroatoms. The number of nitrogens with zero attached hydrogens (tertiary/aromatic N) is 1. The molecule has 1 fully saturated rings. The average molecular weight is 399 g/mol. The van der Waals surface area contributed by atoms with Gasteiger partial charge in [-0.1, -0.05) is 32.3 Å². The third-order valence-corrected chi connectivity index (χ3v) is 6.13. The van der Waals surface area contributed by atoms with Crippen LogP contribution in [0.3, 0.4) is 0 Å². The van der Waals surface area contributed by atoms with Crippen molar-refractivity contribution in [1.82, 2.24) is 4.72 Å². The van der Waals surface area contributed by atoms with E-state index in [9.17, 15) is 13.2 Å². The van der Waals surface area contributed by atoms with Crippen molar-refractivity contribution in [1.29, 1.82) is 5.26 Å². The minimum atomic E-state index is -3.76. The predicted molar refractivity (Wildman–Crippen MR) is 90.8 cm³/mol. The number of halogens is 1. The minimum Gasteiger partial charge on any atom is -0.273 e. The lowest BCUT2D eigenvalue weighted by atomic mass is 9.75. The van der Waals surface area contributed by atoms with Crippen LogP contribution in [0.15, 0.2) is 22.7 Å². The second-order valence-electron chi connectivity index (χ2n) is 6.24. The summed E-state index contributed by atoms with van der Waals surface area (Å²) < 4.78 is 27.3. The lowest BCUT2D eigenvalue weighted by Crippen LogP contribution is -2.43. The summed E-state index contributed by atoms with van der Waals surface area (Å²) in [6.07, 6.45) is 4.43. The van der Waals surface area contributed by atoms with E-state index in [4.69, 9.17) is 5.26 Å². The van der Waals surface area contributed by atoms with Gasteiger partial charge in [-0.05, 0) is 46.5 Å². The second kappa shape index (κ2) is 7.02. The Bertz CT molecular complexity index is 747. The quantitative estimate of drug-likeness (QED) is 0.842. The van der Waals surface area contributed by atoms with Crippen molar-refractivity contribution in [2.45, 2.75) is 44.8 Å². The fourth-order valence-electron chi connectivity index (χ4n) is 2.82. The van der Waals surface area contributed by atoms with Gasteiger partial charge >= 0.3 is 0 Å². The van der Waals surface area contributed by atoms with E-state index in [2.05, 4.69) is 20.7 Å². The summed E-state index contributed by atoms with van der Waals surface area (Å²) in [6.45, 7) is 1.83. The summed E-state index contributed by atoms with van der Waals surface area (Å²) in [5.41, 5.74) is 0.353. The van der Waals surface area contributed by atoms with E-state index in [0.717, 1.165) is 32.1 Å². The van der Waals surface area contributed by atoms with Gasteiger partial charge in [-0.15, -0.1) is 0 Å². The van der Waals surface area contributed by atoms with Crippen LogP contribution in [0.5, 0.6) is 0 Å². The van der Waals surface area contributed by atoms with Crippen LogP contribution < -0.4 is 4.72 Å². The zero-order chi connectivity index (χ0) is 17.1. The van der Waals surface area contributed by atoms with E-state index in [1.54, 1.807) is 18.2 Å². The molecule has 1 N–H and O–H groups in total. The number of benzene rings is 1. The molecule has 0 spiro atoms. The van der Waals surface area contributed by atoms with Gasteiger partial charge < -0.3 is 0 Å². The summed E-state index contributed by atoms with van der Waals surface area (Å²) in [6, 6.07) is 6.72. The number of carbonyl (C=O) groups excluding carboxylic acids is 1. The third-order valence-electron chi connectivity index (χ3n) is 4.26. The Labute approximate surface area is 145 Å². The van der Waals surface area contributed by atoms with E-state index in [-0.39, 0.29) is 5.75 Å². The van der Waals surface area contributed by atoms with Gasteiger partial charge in [-0.25, -0.2) is 8.42 Å². The van der Waals surface area contributed by atoms with Crippen molar-refractivity contribution in [3.8, 4) is 6.07 Å². The molecule has 1 aromatic carbocycles. The summed E-state index contributed by atoms with van der Waals surface area (Å²) >= 11 is 3.23. The first-order valence-electron chi connectivity index (χ1n) is 7.49. The molecule has 1 amide bonds. The molecule has 1 aromatic rings. The molecule has 0 aliphatic heterocycles. The van der Waals surface area contributed by atoms with Crippen molar-refractivity contribution in [2.24, 2.45) is 5.41 Å². The number of hydrogen-bond acceptors (Lipinski definition) is 4. The van der Waals surface area contributed by atoms with E-state index in [0.29, 0.717) is 15.6 Å². The highest BCUT2D eigenvalue weighted by Gasteiger charge is 2.36. The molecule has 0 radical (unpaired) electrons. The number of amides is 1. The van der Waals surface area contributed by atoms with Crippen LogP contribution in [-0.2, 0) is 20.6 Å². The Morgan fingerprint density at radius 1 is 1.35 bits per heavy atom. The van der Waals surface area contributed by atoms with E-state index < -0.39 is 21.3 Å². The maximum Gasteiger partial charge on any atom is 0.239 e. The smallest absolute Gasteiger partial charge is 0.239 e. The normalized spacial score (nSPS) is 17.3. The molecule has 0 saturated heterocycles. The van der Waals surface area contributed by atoms with Gasteiger partial charge in [0.1, 0.15) is 6.07 Å². The predicted octanol–water partition coefficient (Wildman–Crippen LogP) is 3.24. The van der Waals surface area contributed by atoms with Gasteiger partial charge in [0.05, 0.1) is 11.3 Å².